The van der Waals surface area contributed by atoms with E-state index in [9.17, 15) is 13.6 Å². The molecule has 98 valence electrons. The van der Waals surface area contributed by atoms with E-state index in [1.807, 2.05) is 0 Å². The smallest absolute Gasteiger partial charge is 0.196 e. The molecule has 19 heavy (non-hydrogen) atoms. The first kappa shape index (κ1) is 13.2. The third-order valence-corrected chi connectivity index (χ3v) is 2.78. The van der Waals surface area contributed by atoms with E-state index in [-0.39, 0.29) is 16.9 Å². The number of carbonyl (C=O) groups excluding carboxylic acids is 1. The summed E-state index contributed by atoms with van der Waals surface area (Å²) in [7, 11) is 1.33. The number of hydrogen-bond acceptors (Lipinski definition) is 2. The van der Waals surface area contributed by atoms with Crippen LogP contribution in [0.2, 0.25) is 0 Å². The van der Waals surface area contributed by atoms with Gasteiger partial charge in [-0.2, -0.15) is 0 Å². The SMILES string of the molecule is COc1ccc(C(=O)c2cc(C)ccc2F)cc1F. The van der Waals surface area contributed by atoms with Crippen molar-refractivity contribution in [2.24, 2.45) is 0 Å². The van der Waals surface area contributed by atoms with Crippen LogP contribution < -0.4 is 4.74 Å². The predicted octanol–water partition coefficient (Wildman–Crippen LogP) is 3.51. The Morgan fingerprint density at radius 2 is 1.79 bits per heavy atom. The second-order valence-corrected chi connectivity index (χ2v) is 4.16. The molecule has 0 N–H and O–H groups in total. The quantitative estimate of drug-likeness (QED) is 0.791. The fourth-order valence-corrected chi connectivity index (χ4v) is 1.78. The lowest BCUT2D eigenvalue weighted by Crippen LogP contribution is -2.05. The van der Waals surface area contributed by atoms with Gasteiger partial charge in [-0.1, -0.05) is 11.6 Å². The van der Waals surface area contributed by atoms with Crippen molar-refractivity contribution >= 4 is 5.78 Å². The first-order chi connectivity index (χ1) is 9.02. The molecule has 0 aliphatic rings. The second kappa shape index (κ2) is 5.18. The summed E-state index contributed by atoms with van der Waals surface area (Å²) in [5, 5.41) is 0. The van der Waals surface area contributed by atoms with E-state index >= 15 is 0 Å². The second-order valence-electron chi connectivity index (χ2n) is 4.16. The number of methoxy groups -OCH3 is 1. The van der Waals surface area contributed by atoms with Gasteiger partial charge in [0.05, 0.1) is 12.7 Å². The number of rotatable bonds is 3. The number of benzene rings is 2. The average Bonchev–Trinajstić information content (AvgIpc) is 2.40. The molecule has 2 aromatic rings. The lowest BCUT2D eigenvalue weighted by molar-refractivity contribution is 0.103. The van der Waals surface area contributed by atoms with E-state index in [1.165, 1.54) is 31.4 Å². The van der Waals surface area contributed by atoms with Crippen molar-refractivity contribution in [2.45, 2.75) is 6.92 Å². The maximum Gasteiger partial charge on any atom is 0.196 e. The fraction of sp³-hybridized carbons (Fsp3) is 0.133. The highest BCUT2D eigenvalue weighted by Crippen LogP contribution is 2.21. The van der Waals surface area contributed by atoms with Crippen LogP contribution in [0.4, 0.5) is 8.78 Å². The number of aryl methyl sites for hydroxylation is 1. The summed E-state index contributed by atoms with van der Waals surface area (Å²) in [6.07, 6.45) is 0. The molecule has 4 heteroatoms. The Balaban J connectivity index is 2.44. The zero-order valence-corrected chi connectivity index (χ0v) is 10.5. The van der Waals surface area contributed by atoms with Crippen LogP contribution in [0.25, 0.3) is 0 Å². The molecule has 0 amide bonds. The molecule has 2 rings (SSSR count). The third-order valence-electron chi connectivity index (χ3n) is 2.78. The molecule has 0 aromatic heterocycles. The van der Waals surface area contributed by atoms with Crippen LogP contribution in [0.1, 0.15) is 21.5 Å². The Hall–Kier alpha value is -2.23. The summed E-state index contributed by atoms with van der Waals surface area (Å²) < 4.78 is 31.9. The minimum atomic E-state index is -0.651. The topological polar surface area (TPSA) is 26.3 Å². The molecule has 0 bridgehead atoms. The van der Waals surface area contributed by atoms with Crippen molar-refractivity contribution in [3.63, 3.8) is 0 Å². The van der Waals surface area contributed by atoms with E-state index in [4.69, 9.17) is 4.74 Å². The fourth-order valence-electron chi connectivity index (χ4n) is 1.78. The van der Waals surface area contributed by atoms with Gasteiger partial charge in [0.2, 0.25) is 0 Å². The number of ether oxygens (including phenoxy) is 1. The highest BCUT2D eigenvalue weighted by molar-refractivity contribution is 6.09. The van der Waals surface area contributed by atoms with Crippen LogP contribution in [-0.2, 0) is 0 Å². The predicted molar refractivity (Wildman–Crippen MR) is 67.5 cm³/mol. The Labute approximate surface area is 109 Å². The molecule has 0 saturated heterocycles. The molecule has 0 radical (unpaired) electrons. The van der Waals surface area contributed by atoms with Crippen LogP contribution in [0.5, 0.6) is 5.75 Å². The van der Waals surface area contributed by atoms with Crippen LogP contribution in [0.3, 0.4) is 0 Å². The van der Waals surface area contributed by atoms with Crippen LogP contribution in [0, 0.1) is 18.6 Å². The number of carbonyl (C=O) groups is 1. The standard InChI is InChI=1S/C15H12F2O2/c1-9-3-5-12(16)11(7-9)15(18)10-4-6-14(19-2)13(17)8-10/h3-8H,1-2H3. The van der Waals surface area contributed by atoms with E-state index in [1.54, 1.807) is 13.0 Å². The van der Waals surface area contributed by atoms with Gasteiger partial charge in [0.15, 0.2) is 17.3 Å². The minimum Gasteiger partial charge on any atom is -0.494 e. The van der Waals surface area contributed by atoms with Gasteiger partial charge in [0, 0.05) is 5.56 Å². The highest BCUT2D eigenvalue weighted by atomic mass is 19.1. The van der Waals surface area contributed by atoms with E-state index in [2.05, 4.69) is 0 Å². The summed E-state index contributed by atoms with van der Waals surface area (Å²) in [4.78, 5) is 12.1. The lowest BCUT2D eigenvalue weighted by atomic mass is 10.0. The molecule has 0 atom stereocenters. The van der Waals surface area contributed by atoms with Gasteiger partial charge in [-0.15, -0.1) is 0 Å². The van der Waals surface area contributed by atoms with Crippen molar-refractivity contribution in [3.05, 3.63) is 64.7 Å². The molecule has 0 fully saturated rings. The van der Waals surface area contributed by atoms with Crippen LogP contribution in [-0.4, -0.2) is 12.9 Å². The third kappa shape index (κ3) is 2.62. The Morgan fingerprint density at radius 1 is 1.05 bits per heavy atom. The highest BCUT2D eigenvalue weighted by Gasteiger charge is 2.16. The van der Waals surface area contributed by atoms with Crippen molar-refractivity contribution < 1.29 is 18.3 Å². The average molecular weight is 262 g/mol. The summed E-state index contributed by atoms with van der Waals surface area (Å²) >= 11 is 0. The summed E-state index contributed by atoms with van der Waals surface area (Å²) in [6, 6.07) is 8.04. The lowest BCUT2D eigenvalue weighted by Gasteiger charge is -2.06. The van der Waals surface area contributed by atoms with Crippen molar-refractivity contribution in [1.82, 2.24) is 0 Å². The van der Waals surface area contributed by atoms with Gasteiger partial charge in [0.25, 0.3) is 0 Å². The maximum absolute atomic E-state index is 13.6. The first-order valence-corrected chi connectivity index (χ1v) is 5.67. The summed E-state index contributed by atoms with van der Waals surface area (Å²) in [5.74, 6) is -1.78. The maximum atomic E-state index is 13.6. The molecule has 0 heterocycles. The number of hydrogen-bond donors (Lipinski definition) is 0. The van der Waals surface area contributed by atoms with E-state index in [0.717, 1.165) is 11.6 Å². The first-order valence-electron chi connectivity index (χ1n) is 5.67. The van der Waals surface area contributed by atoms with Gasteiger partial charge in [-0.05, 0) is 37.3 Å². The molecule has 0 aliphatic carbocycles. The molecule has 0 spiro atoms. The Bertz CT molecular complexity index is 636. The normalized spacial score (nSPS) is 10.3. The Kier molecular flexibility index (Phi) is 3.60. The molecular formula is C15H12F2O2. The van der Waals surface area contributed by atoms with Crippen LogP contribution >= 0.6 is 0 Å². The van der Waals surface area contributed by atoms with Gasteiger partial charge < -0.3 is 4.74 Å². The molecule has 2 aromatic carbocycles. The Morgan fingerprint density at radius 3 is 2.42 bits per heavy atom. The van der Waals surface area contributed by atoms with Crippen molar-refractivity contribution in [3.8, 4) is 5.75 Å². The molecule has 0 saturated carbocycles. The molecule has 2 nitrogen and oxygen atoms in total. The van der Waals surface area contributed by atoms with Gasteiger partial charge in [-0.3, -0.25) is 4.79 Å². The van der Waals surface area contributed by atoms with Crippen molar-refractivity contribution in [2.75, 3.05) is 7.11 Å². The minimum absolute atomic E-state index is 0.0428. The zero-order chi connectivity index (χ0) is 14.0. The summed E-state index contributed by atoms with van der Waals surface area (Å²) in [6.45, 7) is 1.75. The molecule has 0 aliphatic heterocycles. The summed E-state index contributed by atoms with van der Waals surface area (Å²) in [5.41, 5.74) is 0.783. The zero-order valence-electron chi connectivity index (χ0n) is 10.5. The largest absolute Gasteiger partial charge is 0.494 e. The van der Waals surface area contributed by atoms with Crippen molar-refractivity contribution in [1.29, 1.82) is 0 Å². The van der Waals surface area contributed by atoms with Gasteiger partial charge in [0.1, 0.15) is 5.82 Å². The van der Waals surface area contributed by atoms with E-state index < -0.39 is 17.4 Å². The van der Waals surface area contributed by atoms with Gasteiger partial charge >= 0.3 is 0 Å². The number of halogens is 2. The molecule has 0 unspecified atom stereocenters. The van der Waals surface area contributed by atoms with E-state index in [0.29, 0.717) is 0 Å². The van der Waals surface area contributed by atoms with Gasteiger partial charge in [-0.25, -0.2) is 8.78 Å². The molecular weight excluding hydrogens is 250 g/mol. The monoisotopic (exact) mass is 262 g/mol. The number of ketones is 1. The van der Waals surface area contributed by atoms with Crippen LogP contribution in [0.15, 0.2) is 36.4 Å².